The first kappa shape index (κ1) is 22.4. The molecule has 1 aromatic heterocycles. The average molecular weight is 480 g/mol. The van der Waals surface area contributed by atoms with Crippen molar-refractivity contribution in [1.82, 2.24) is 14.1 Å². The maximum absolute atomic E-state index is 13.4. The molecule has 2 aliphatic heterocycles. The van der Waals surface area contributed by atoms with Crippen LogP contribution in [0.2, 0.25) is 0 Å². The minimum absolute atomic E-state index is 0.137. The van der Waals surface area contributed by atoms with Gasteiger partial charge in [-0.1, -0.05) is 60.7 Å². The van der Waals surface area contributed by atoms with Gasteiger partial charge in [-0.3, -0.25) is 9.69 Å². The molecular weight excluding hydrogens is 454 g/mol. The standard InChI is InChI=1S/C25H25N3O5S/c29-24-23(20-11-5-2-6-12-20)27(17-19-9-3-1-4-10-19)25(30)28(24)18-21-13-14-22(33-21)34(31,32)26-15-7-8-16-26/h1-6,9-14,23H,7-8,15-18H2. The van der Waals surface area contributed by atoms with E-state index in [0.29, 0.717) is 13.1 Å². The van der Waals surface area contributed by atoms with Gasteiger partial charge in [0.1, 0.15) is 11.8 Å². The number of rotatable bonds is 7. The molecule has 0 aliphatic carbocycles. The Labute approximate surface area is 198 Å². The quantitative estimate of drug-likeness (QED) is 0.481. The highest BCUT2D eigenvalue weighted by atomic mass is 32.2. The van der Waals surface area contributed by atoms with Crippen molar-refractivity contribution in [2.75, 3.05) is 13.1 Å². The molecule has 3 aromatic rings. The Morgan fingerprint density at radius 3 is 2.15 bits per heavy atom. The molecule has 34 heavy (non-hydrogen) atoms. The van der Waals surface area contributed by atoms with E-state index in [1.165, 1.54) is 21.3 Å². The number of hydrogen-bond acceptors (Lipinski definition) is 5. The van der Waals surface area contributed by atoms with Crippen molar-refractivity contribution in [3.05, 3.63) is 89.7 Å². The second-order valence-electron chi connectivity index (χ2n) is 8.47. The molecule has 0 spiro atoms. The third kappa shape index (κ3) is 4.12. The first-order chi connectivity index (χ1) is 16.4. The van der Waals surface area contributed by atoms with Crippen LogP contribution in [0.15, 0.2) is 82.3 Å². The van der Waals surface area contributed by atoms with Gasteiger partial charge in [0.05, 0.1) is 6.54 Å². The average Bonchev–Trinajstić information content (AvgIpc) is 3.59. The highest BCUT2D eigenvalue weighted by molar-refractivity contribution is 7.89. The largest absolute Gasteiger partial charge is 0.446 e. The summed E-state index contributed by atoms with van der Waals surface area (Å²) >= 11 is 0. The van der Waals surface area contributed by atoms with E-state index in [0.717, 1.165) is 28.9 Å². The predicted octanol–water partition coefficient (Wildman–Crippen LogP) is 3.77. The van der Waals surface area contributed by atoms with Gasteiger partial charge >= 0.3 is 6.03 Å². The number of urea groups is 1. The zero-order valence-corrected chi connectivity index (χ0v) is 19.4. The molecule has 0 saturated carbocycles. The zero-order valence-electron chi connectivity index (χ0n) is 18.5. The summed E-state index contributed by atoms with van der Waals surface area (Å²) in [6, 6.07) is 20.4. The second kappa shape index (κ2) is 9.08. The van der Waals surface area contributed by atoms with E-state index in [-0.39, 0.29) is 29.8 Å². The Hall–Kier alpha value is -3.43. The lowest BCUT2D eigenvalue weighted by Crippen LogP contribution is -2.32. The van der Waals surface area contributed by atoms with Crippen LogP contribution in [-0.4, -0.2) is 47.6 Å². The smallest absolute Gasteiger partial charge is 0.328 e. The maximum Gasteiger partial charge on any atom is 0.328 e. The minimum atomic E-state index is -3.72. The number of furan rings is 1. The second-order valence-corrected chi connectivity index (χ2v) is 10.3. The van der Waals surface area contributed by atoms with Gasteiger partial charge in [-0.05, 0) is 36.1 Å². The minimum Gasteiger partial charge on any atom is -0.446 e. The molecule has 0 radical (unpaired) electrons. The molecule has 5 rings (SSSR count). The molecule has 0 N–H and O–H groups in total. The molecule has 0 bridgehead atoms. The van der Waals surface area contributed by atoms with Gasteiger partial charge < -0.3 is 9.32 Å². The van der Waals surface area contributed by atoms with E-state index in [2.05, 4.69) is 0 Å². The van der Waals surface area contributed by atoms with E-state index < -0.39 is 22.1 Å². The van der Waals surface area contributed by atoms with E-state index in [4.69, 9.17) is 4.42 Å². The molecular formula is C25H25N3O5S. The first-order valence-electron chi connectivity index (χ1n) is 11.2. The van der Waals surface area contributed by atoms with Crippen molar-refractivity contribution < 1.29 is 22.4 Å². The van der Waals surface area contributed by atoms with Crippen LogP contribution in [0.5, 0.6) is 0 Å². The van der Waals surface area contributed by atoms with Crippen molar-refractivity contribution in [3.8, 4) is 0 Å². The summed E-state index contributed by atoms with van der Waals surface area (Å²) in [6.45, 7) is 1.07. The zero-order chi connectivity index (χ0) is 23.7. The molecule has 2 aromatic carbocycles. The van der Waals surface area contributed by atoms with Gasteiger partial charge in [0.25, 0.3) is 15.9 Å². The van der Waals surface area contributed by atoms with E-state index in [1.54, 1.807) is 0 Å². The van der Waals surface area contributed by atoms with Crippen molar-refractivity contribution >= 4 is 22.0 Å². The third-order valence-electron chi connectivity index (χ3n) is 6.21. The van der Waals surface area contributed by atoms with Gasteiger partial charge in [0.2, 0.25) is 5.09 Å². The molecule has 1 unspecified atom stereocenters. The van der Waals surface area contributed by atoms with Gasteiger partial charge in [-0.25, -0.2) is 13.2 Å². The summed E-state index contributed by atoms with van der Waals surface area (Å²) in [5.74, 6) is -0.125. The van der Waals surface area contributed by atoms with Crippen LogP contribution >= 0.6 is 0 Å². The number of imide groups is 1. The highest BCUT2D eigenvalue weighted by Crippen LogP contribution is 2.34. The van der Waals surface area contributed by atoms with Crippen LogP contribution in [0.1, 0.15) is 35.8 Å². The molecule has 1 atom stereocenters. The highest BCUT2D eigenvalue weighted by Gasteiger charge is 2.46. The van der Waals surface area contributed by atoms with Crippen LogP contribution in [0.3, 0.4) is 0 Å². The van der Waals surface area contributed by atoms with Crippen LogP contribution in [0.25, 0.3) is 0 Å². The van der Waals surface area contributed by atoms with Gasteiger partial charge in [0.15, 0.2) is 0 Å². The number of carbonyl (C=O) groups excluding carboxylic acids is 2. The number of benzene rings is 2. The fourth-order valence-corrected chi connectivity index (χ4v) is 5.92. The van der Waals surface area contributed by atoms with Crippen LogP contribution in [-0.2, 0) is 27.9 Å². The van der Waals surface area contributed by atoms with Gasteiger partial charge in [-0.15, -0.1) is 0 Å². The number of sulfonamides is 1. The monoisotopic (exact) mass is 479 g/mol. The summed E-state index contributed by atoms with van der Waals surface area (Å²) in [7, 11) is -3.72. The Balaban J connectivity index is 1.41. The Morgan fingerprint density at radius 1 is 0.824 bits per heavy atom. The van der Waals surface area contributed by atoms with Crippen molar-refractivity contribution in [1.29, 1.82) is 0 Å². The third-order valence-corrected chi connectivity index (χ3v) is 7.98. The number of carbonyl (C=O) groups is 2. The Kier molecular flexibility index (Phi) is 5.97. The summed E-state index contributed by atoms with van der Waals surface area (Å²) in [5.41, 5.74) is 1.62. The van der Waals surface area contributed by atoms with Crippen LogP contribution in [0, 0.1) is 0 Å². The summed E-state index contributed by atoms with van der Waals surface area (Å²) in [5, 5.41) is -0.163. The Morgan fingerprint density at radius 2 is 1.47 bits per heavy atom. The molecule has 176 valence electrons. The molecule has 3 amide bonds. The molecule has 2 saturated heterocycles. The lowest BCUT2D eigenvalue weighted by atomic mass is 10.1. The topological polar surface area (TPSA) is 91.1 Å². The SMILES string of the molecule is O=C1C(c2ccccc2)N(Cc2ccccc2)C(=O)N1Cc1ccc(S(=O)(=O)N2CCCC2)o1. The fourth-order valence-electron chi connectivity index (χ4n) is 4.48. The predicted molar refractivity (Wildman–Crippen MR) is 124 cm³/mol. The fraction of sp³-hybridized carbons (Fsp3) is 0.280. The molecule has 2 aliphatic rings. The summed E-state index contributed by atoms with van der Waals surface area (Å²) < 4.78 is 32.6. The maximum atomic E-state index is 13.4. The van der Waals surface area contributed by atoms with Gasteiger partial charge in [-0.2, -0.15) is 4.31 Å². The number of nitrogens with zero attached hydrogens (tertiary/aromatic N) is 3. The number of hydrogen-bond donors (Lipinski definition) is 0. The summed E-state index contributed by atoms with van der Waals surface area (Å²) in [4.78, 5) is 29.5. The lowest BCUT2D eigenvalue weighted by molar-refractivity contribution is -0.129. The normalized spacial score (nSPS) is 19.4. The van der Waals surface area contributed by atoms with Crippen molar-refractivity contribution in [2.45, 2.75) is 37.1 Å². The molecule has 2 fully saturated rings. The van der Waals surface area contributed by atoms with Crippen molar-refractivity contribution in [2.24, 2.45) is 0 Å². The molecule has 9 heteroatoms. The van der Waals surface area contributed by atoms with Crippen LogP contribution in [0.4, 0.5) is 4.79 Å². The van der Waals surface area contributed by atoms with Crippen molar-refractivity contribution in [3.63, 3.8) is 0 Å². The molecule has 8 nitrogen and oxygen atoms in total. The summed E-state index contributed by atoms with van der Waals surface area (Å²) in [6.07, 6.45) is 1.64. The molecule has 3 heterocycles. The van der Waals surface area contributed by atoms with Crippen LogP contribution < -0.4 is 0 Å². The first-order valence-corrected chi connectivity index (χ1v) is 12.7. The lowest BCUT2D eigenvalue weighted by Gasteiger charge is -2.22. The van der Waals surface area contributed by atoms with Gasteiger partial charge in [0, 0.05) is 19.6 Å². The van der Waals surface area contributed by atoms with E-state index >= 15 is 0 Å². The van der Waals surface area contributed by atoms with E-state index in [1.807, 2.05) is 60.7 Å². The van der Waals surface area contributed by atoms with E-state index in [9.17, 15) is 18.0 Å². The number of amides is 3. The Bertz CT molecular complexity index is 1280.